The number of hydrogen-bond acceptors (Lipinski definition) is 3. The Kier molecular flexibility index (Phi) is 7.56. The minimum Gasteiger partial charge on any atom is -0.488 e. The van der Waals surface area contributed by atoms with E-state index in [-0.39, 0.29) is 30.1 Å². The largest absolute Gasteiger partial charge is 0.488 e. The molecule has 1 atom stereocenters. The van der Waals surface area contributed by atoms with Crippen molar-refractivity contribution in [3.8, 4) is 5.75 Å². The number of carbonyl (C=O) groups excluding carboxylic acids is 1. The maximum Gasteiger partial charge on any atom is 0.415 e. The van der Waals surface area contributed by atoms with E-state index in [2.05, 4.69) is 0 Å². The molecule has 3 aromatic rings. The van der Waals surface area contributed by atoms with E-state index >= 15 is 0 Å². The molecule has 1 amide bonds. The summed E-state index contributed by atoms with van der Waals surface area (Å²) in [6, 6.07) is 14.8. The van der Waals surface area contributed by atoms with E-state index in [0.717, 1.165) is 49.1 Å². The van der Waals surface area contributed by atoms with Gasteiger partial charge in [0.05, 0.1) is 25.3 Å². The van der Waals surface area contributed by atoms with Gasteiger partial charge in [-0.3, -0.25) is 4.90 Å². The van der Waals surface area contributed by atoms with Crippen molar-refractivity contribution >= 4 is 11.8 Å². The molecular formula is C29H29F4N2O3+. The van der Waals surface area contributed by atoms with Crippen LogP contribution in [0.1, 0.15) is 18.4 Å². The maximum atomic E-state index is 14.0. The lowest BCUT2D eigenvalue weighted by Gasteiger charge is -2.52. The van der Waals surface area contributed by atoms with Gasteiger partial charge in [-0.25, -0.2) is 22.4 Å². The molecular weight excluding hydrogens is 500 g/mol. The van der Waals surface area contributed by atoms with Gasteiger partial charge in [-0.2, -0.15) is 0 Å². The van der Waals surface area contributed by atoms with Gasteiger partial charge in [0.15, 0.2) is 17.7 Å². The van der Waals surface area contributed by atoms with E-state index in [9.17, 15) is 22.4 Å². The molecule has 6 rings (SSSR count). The van der Waals surface area contributed by atoms with Gasteiger partial charge in [0.2, 0.25) is 0 Å². The summed E-state index contributed by atoms with van der Waals surface area (Å²) in [5.74, 6) is -2.05. The molecule has 5 nitrogen and oxygen atoms in total. The van der Waals surface area contributed by atoms with Crippen molar-refractivity contribution in [1.82, 2.24) is 0 Å². The summed E-state index contributed by atoms with van der Waals surface area (Å²) in [6.07, 6.45) is 0.798. The van der Waals surface area contributed by atoms with Crippen LogP contribution in [0, 0.1) is 29.2 Å². The highest BCUT2D eigenvalue weighted by atomic mass is 19.2. The van der Waals surface area contributed by atoms with E-state index in [4.69, 9.17) is 9.47 Å². The Labute approximate surface area is 218 Å². The van der Waals surface area contributed by atoms with Gasteiger partial charge in [0, 0.05) is 18.8 Å². The second kappa shape index (κ2) is 11.0. The highest BCUT2D eigenvalue weighted by molar-refractivity contribution is 5.87. The van der Waals surface area contributed by atoms with Crippen LogP contribution in [0.2, 0.25) is 0 Å². The molecule has 200 valence electrons. The summed E-state index contributed by atoms with van der Waals surface area (Å²) in [7, 11) is 0. The average Bonchev–Trinajstić information content (AvgIpc) is 2.91. The van der Waals surface area contributed by atoms with Crippen LogP contribution in [0.3, 0.4) is 0 Å². The lowest BCUT2D eigenvalue weighted by Crippen LogP contribution is -2.65. The van der Waals surface area contributed by atoms with Crippen LogP contribution in [0.15, 0.2) is 66.7 Å². The maximum absolute atomic E-state index is 14.0. The average molecular weight is 530 g/mol. The highest BCUT2D eigenvalue weighted by Gasteiger charge is 2.48. The molecule has 1 unspecified atom stereocenters. The zero-order valence-electron chi connectivity index (χ0n) is 20.8. The smallest absolute Gasteiger partial charge is 0.415 e. The minimum absolute atomic E-state index is 0.109. The second-order valence-electron chi connectivity index (χ2n) is 10.1. The van der Waals surface area contributed by atoms with Gasteiger partial charge in [-0.1, -0.05) is 12.1 Å². The van der Waals surface area contributed by atoms with E-state index < -0.39 is 23.5 Å². The third kappa shape index (κ3) is 5.93. The van der Waals surface area contributed by atoms with Crippen LogP contribution in [0.25, 0.3) is 0 Å². The molecule has 3 aromatic carbocycles. The fourth-order valence-electron chi connectivity index (χ4n) is 5.48. The molecule has 0 aliphatic carbocycles. The van der Waals surface area contributed by atoms with Crippen molar-refractivity contribution < 1.29 is 36.3 Å². The molecule has 38 heavy (non-hydrogen) atoms. The number of amides is 1. The van der Waals surface area contributed by atoms with Crippen molar-refractivity contribution in [2.75, 3.05) is 37.7 Å². The van der Waals surface area contributed by atoms with Crippen molar-refractivity contribution in [1.29, 1.82) is 0 Å². The number of ether oxygens (including phenoxy) is 2. The Bertz CT molecular complexity index is 1280. The Morgan fingerprint density at radius 3 is 2.37 bits per heavy atom. The molecule has 3 heterocycles. The van der Waals surface area contributed by atoms with Crippen LogP contribution in [-0.4, -0.2) is 49.5 Å². The predicted molar refractivity (Wildman–Crippen MR) is 134 cm³/mol. The molecule has 0 radical (unpaired) electrons. The first-order valence-electron chi connectivity index (χ1n) is 12.7. The van der Waals surface area contributed by atoms with E-state index in [1.807, 2.05) is 0 Å². The van der Waals surface area contributed by atoms with Gasteiger partial charge in [0.1, 0.15) is 37.1 Å². The number of anilines is 1. The first kappa shape index (κ1) is 26.0. The fraction of sp³-hybridized carbons (Fsp3) is 0.345. The van der Waals surface area contributed by atoms with E-state index in [0.29, 0.717) is 24.5 Å². The molecule has 3 fully saturated rings. The summed E-state index contributed by atoms with van der Waals surface area (Å²) < 4.78 is 67.0. The highest BCUT2D eigenvalue weighted by Crippen LogP contribution is 2.36. The number of benzene rings is 3. The van der Waals surface area contributed by atoms with Crippen molar-refractivity contribution in [2.24, 2.45) is 5.92 Å². The van der Waals surface area contributed by atoms with Crippen molar-refractivity contribution in [3.63, 3.8) is 0 Å². The van der Waals surface area contributed by atoms with Crippen LogP contribution >= 0.6 is 0 Å². The molecule has 3 saturated heterocycles. The summed E-state index contributed by atoms with van der Waals surface area (Å²) in [5, 5.41) is 0. The van der Waals surface area contributed by atoms with E-state index in [1.54, 1.807) is 18.2 Å². The number of fused-ring (bicyclic) bond motifs is 3. The third-order valence-corrected chi connectivity index (χ3v) is 7.61. The number of rotatable bonds is 8. The molecule has 3 aliphatic heterocycles. The molecule has 3 aliphatic rings. The topological polar surface area (TPSA) is 38.8 Å². The molecule has 0 saturated carbocycles. The van der Waals surface area contributed by atoms with Gasteiger partial charge >= 0.3 is 6.09 Å². The lowest BCUT2D eigenvalue weighted by molar-refractivity contribution is -0.946. The molecule has 0 N–H and O–H groups in total. The third-order valence-electron chi connectivity index (χ3n) is 7.61. The molecule has 0 aromatic heterocycles. The number of piperidine rings is 3. The number of nitrogens with zero attached hydrogens (tertiary/aromatic N) is 2. The van der Waals surface area contributed by atoms with Crippen LogP contribution < -0.4 is 9.64 Å². The molecule has 2 bridgehead atoms. The summed E-state index contributed by atoms with van der Waals surface area (Å²) >= 11 is 0. The van der Waals surface area contributed by atoms with Gasteiger partial charge in [-0.05, 0) is 60.2 Å². The fourth-order valence-corrected chi connectivity index (χ4v) is 5.48. The Morgan fingerprint density at radius 1 is 0.895 bits per heavy atom. The van der Waals surface area contributed by atoms with Crippen LogP contribution in [-0.2, 0) is 11.3 Å². The summed E-state index contributed by atoms with van der Waals surface area (Å²) in [6.45, 7) is 3.60. The number of hydrogen-bond donors (Lipinski definition) is 0. The molecule has 9 heteroatoms. The number of quaternary nitrogens is 1. The second-order valence-corrected chi connectivity index (χ2v) is 10.1. The van der Waals surface area contributed by atoms with Gasteiger partial charge in [0.25, 0.3) is 0 Å². The summed E-state index contributed by atoms with van der Waals surface area (Å²) in [5.41, 5.74) is 0.609. The Hall–Kier alpha value is -3.59. The summed E-state index contributed by atoms with van der Waals surface area (Å²) in [4.78, 5) is 14.7. The zero-order valence-corrected chi connectivity index (χ0v) is 20.8. The number of carbonyl (C=O) groups is 1. The molecule has 0 spiro atoms. The minimum atomic E-state index is -1.03. The van der Waals surface area contributed by atoms with Crippen molar-refractivity contribution in [2.45, 2.75) is 25.5 Å². The monoisotopic (exact) mass is 529 g/mol. The van der Waals surface area contributed by atoms with E-state index in [1.165, 1.54) is 41.3 Å². The lowest BCUT2D eigenvalue weighted by atomic mass is 9.83. The normalized spacial score (nSPS) is 22.2. The first-order chi connectivity index (χ1) is 18.3. The van der Waals surface area contributed by atoms with Crippen LogP contribution in [0.5, 0.6) is 5.75 Å². The van der Waals surface area contributed by atoms with Gasteiger partial charge in [-0.15, -0.1) is 0 Å². The van der Waals surface area contributed by atoms with Crippen molar-refractivity contribution in [3.05, 3.63) is 95.6 Å². The first-order valence-corrected chi connectivity index (χ1v) is 12.7. The van der Waals surface area contributed by atoms with Crippen LogP contribution in [0.4, 0.5) is 28.0 Å². The van der Waals surface area contributed by atoms with Gasteiger partial charge < -0.3 is 14.0 Å². The Balaban J connectivity index is 1.27. The SMILES string of the molecule is O=C(OC1C[N+]2(CCOc3ccc(F)cc3)CCC1CC2)N(Cc1ccc(F)c(F)c1)c1cccc(F)c1. The Morgan fingerprint density at radius 2 is 1.66 bits per heavy atom. The zero-order chi connectivity index (χ0) is 26.7. The standard InChI is InChI=1S/C29H29F4N2O3/c30-22-5-7-25(8-6-22)37-15-14-35-12-10-21(11-13-35)28(19-35)38-29(36)34(24-3-1-2-23(31)17-24)18-20-4-9-26(32)27(33)16-20/h1-9,16-17,21,28H,10-15,18-19H2/q+1. The predicted octanol–water partition coefficient (Wildman–Crippen LogP) is 6.07. The number of halogens is 4. The quantitative estimate of drug-likeness (QED) is 0.263.